The van der Waals surface area contributed by atoms with Gasteiger partial charge in [-0.2, -0.15) is 0 Å². The van der Waals surface area contributed by atoms with Crippen LogP contribution in [0.15, 0.2) is 96.4 Å². The van der Waals surface area contributed by atoms with E-state index < -0.39 is 41.7 Å². The van der Waals surface area contributed by atoms with E-state index in [4.69, 9.17) is 30.4 Å². The lowest BCUT2D eigenvalue weighted by molar-refractivity contribution is -0.196. The molecule has 0 bridgehead atoms. The maximum atomic E-state index is 11.9. The van der Waals surface area contributed by atoms with E-state index in [0.717, 1.165) is 16.7 Å². The van der Waals surface area contributed by atoms with Crippen LogP contribution in [-0.4, -0.2) is 36.6 Å². The molecule has 2 aliphatic rings. The third-order valence-corrected chi connectivity index (χ3v) is 8.57. The molecule has 6 rings (SSSR count). The number of benzene rings is 3. The second-order valence-electron chi connectivity index (χ2n) is 10.5. The molecule has 4 atom stereocenters. The molecule has 7 nitrogen and oxygen atoms in total. The van der Waals surface area contributed by atoms with Gasteiger partial charge in [0.05, 0.1) is 12.3 Å². The van der Waals surface area contributed by atoms with Gasteiger partial charge in [0.25, 0.3) is 5.91 Å². The van der Waals surface area contributed by atoms with Crippen molar-refractivity contribution in [3.05, 3.63) is 124 Å². The van der Waals surface area contributed by atoms with E-state index in [2.05, 4.69) is 36.4 Å². The quantitative estimate of drug-likeness (QED) is 0.282. The molecule has 206 valence electrons. The second-order valence-corrected chi connectivity index (χ2v) is 11.4. The number of thiophene rings is 1. The Morgan fingerprint density at radius 3 is 1.85 bits per heavy atom. The zero-order chi connectivity index (χ0) is 27.9. The van der Waals surface area contributed by atoms with Gasteiger partial charge in [0.2, 0.25) is 0 Å². The Balaban J connectivity index is 1.39. The number of carbonyl (C=O) groups excluding carboxylic acids is 1. The van der Waals surface area contributed by atoms with E-state index >= 15 is 0 Å². The van der Waals surface area contributed by atoms with Gasteiger partial charge in [0, 0.05) is 5.56 Å². The molecule has 0 spiro atoms. The van der Waals surface area contributed by atoms with Gasteiger partial charge in [-0.3, -0.25) is 4.79 Å². The van der Waals surface area contributed by atoms with Crippen LogP contribution >= 0.6 is 11.3 Å². The summed E-state index contributed by atoms with van der Waals surface area (Å²) in [5, 5.41) is 1.82. The summed E-state index contributed by atoms with van der Waals surface area (Å²) in [4.78, 5) is 12.2. The minimum absolute atomic E-state index is 0.211. The van der Waals surface area contributed by atoms with Crippen LogP contribution in [0.25, 0.3) is 0 Å². The summed E-state index contributed by atoms with van der Waals surface area (Å²) in [7, 11) is 0. The van der Waals surface area contributed by atoms with Crippen molar-refractivity contribution in [2.75, 3.05) is 12.3 Å². The van der Waals surface area contributed by atoms with Crippen molar-refractivity contribution < 1.29 is 23.7 Å². The van der Waals surface area contributed by atoms with Crippen molar-refractivity contribution in [3.8, 4) is 0 Å². The zero-order valence-corrected chi connectivity index (χ0v) is 23.2. The zero-order valence-electron chi connectivity index (χ0n) is 22.4. The molecule has 1 aromatic heterocycles. The number of primary amides is 1. The fraction of sp³-hybridized carbons (Fsp3) is 0.281. The Bertz CT molecular complexity index is 1380. The fourth-order valence-electron chi connectivity index (χ4n) is 5.83. The third-order valence-electron chi connectivity index (χ3n) is 7.54. The first-order chi connectivity index (χ1) is 19.3. The number of nitrogen functional groups attached to an aromatic ring is 1. The number of fused-ring (bicyclic) bond motifs is 1. The highest BCUT2D eigenvalue weighted by Gasteiger charge is 2.56. The first-order valence-electron chi connectivity index (χ1n) is 13.3. The number of ether oxygens (including phenoxy) is 4. The van der Waals surface area contributed by atoms with Gasteiger partial charge >= 0.3 is 0 Å². The second kappa shape index (κ2) is 10.5. The van der Waals surface area contributed by atoms with E-state index in [1.54, 1.807) is 0 Å². The number of nitrogens with two attached hydrogens (primary N) is 2. The molecule has 0 saturated carbocycles. The number of anilines is 1. The lowest BCUT2D eigenvalue weighted by Crippen LogP contribution is -2.39. The van der Waals surface area contributed by atoms with Crippen molar-refractivity contribution in [2.45, 2.75) is 49.7 Å². The molecule has 2 fully saturated rings. The number of hydrogen-bond donors (Lipinski definition) is 2. The van der Waals surface area contributed by atoms with E-state index in [1.807, 2.05) is 73.8 Å². The monoisotopic (exact) mass is 556 g/mol. The normalized spacial score (nSPS) is 23.6. The number of carbonyl (C=O) groups is 1. The van der Waals surface area contributed by atoms with Crippen LogP contribution in [0.5, 0.6) is 0 Å². The first-order valence-corrected chi connectivity index (χ1v) is 14.2. The minimum atomic E-state index is -0.906. The number of amides is 1. The van der Waals surface area contributed by atoms with E-state index in [1.165, 1.54) is 11.3 Å². The highest BCUT2D eigenvalue weighted by atomic mass is 32.1. The standard InChI is InChI=1S/C32H32N2O5S/c1-31(2)38-27-24(37-26(28(27)39-31)23-19-40-29(25(23)33)30(34)35)18-36-32(20-12-6-3-7-13-20,21-14-8-4-9-15-21)22-16-10-5-11-17-22/h3-17,19,24,26-28H,18,33H2,1-2H3,(H2,34,35)/t24-,26-,27-,28+/m1/s1. The lowest BCUT2D eigenvalue weighted by Gasteiger charge is -2.37. The third kappa shape index (κ3) is 4.62. The van der Waals surface area contributed by atoms with Crippen molar-refractivity contribution in [1.82, 2.24) is 0 Å². The van der Waals surface area contributed by atoms with Crippen molar-refractivity contribution in [2.24, 2.45) is 5.73 Å². The predicted octanol–water partition coefficient (Wildman–Crippen LogP) is 5.40. The van der Waals surface area contributed by atoms with Crippen molar-refractivity contribution in [3.63, 3.8) is 0 Å². The fourth-order valence-corrected chi connectivity index (χ4v) is 6.70. The maximum absolute atomic E-state index is 11.9. The van der Waals surface area contributed by atoms with Gasteiger partial charge in [0.15, 0.2) is 5.79 Å². The average molecular weight is 557 g/mol. The number of rotatable bonds is 8. The Hall–Kier alpha value is -3.53. The van der Waals surface area contributed by atoms with Crippen LogP contribution in [0.3, 0.4) is 0 Å². The molecule has 40 heavy (non-hydrogen) atoms. The summed E-state index contributed by atoms with van der Waals surface area (Å²) in [6.45, 7) is 3.98. The molecule has 0 aliphatic carbocycles. The predicted molar refractivity (Wildman–Crippen MR) is 154 cm³/mol. The first kappa shape index (κ1) is 26.7. The lowest BCUT2D eigenvalue weighted by atomic mass is 9.80. The van der Waals surface area contributed by atoms with Gasteiger partial charge in [0.1, 0.15) is 34.9 Å². The van der Waals surface area contributed by atoms with Gasteiger partial charge < -0.3 is 30.4 Å². The molecule has 4 aromatic rings. The minimum Gasteiger partial charge on any atom is -0.397 e. The summed E-state index contributed by atoms with van der Waals surface area (Å²) >= 11 is 1.21. The Labute approximate surface area is 237 Å². The maximum Gasteiger partial charge on any atom is 0.260 e. The van der Waals surface area contributed by atoms with Crippen molar-refractivity contribution in [1.29, 1.82) is 0 Å². The Morgan fingerprint density at radius 1 is 0.875 bits per heavy atom. The van der Waals surface area contributed by atoms with Crippen LogP contribution in [0, 0.1) is 0 Å². The van der Waals surface area contributed by atoms with E-state index in [-0.39, 0.29) is 6.61 Å². The largest absolute Gasteiger partial charge is 0.397 e. The molecule has 2 saturated heterocycles. The van der Waals surface area contributed by atoms with Gasteiger partial charge in [-0.15, -0.1) is 11.3 Å². The highest BCUT2D eigenvalue weighted by molar-refractivity contribution is 7.12. The summed E-state index contributed by atoms with van der Waals surface area (Å²) in [6.07, 6.45) is -1.84. The molecule has 3 aromatic carbocycles. The van der Waals surface area contributed by atoms with Gasteiger partial charge in [-0.05, 0) is 35.9 Å². The van der Waals surface area contributed by atoms with Gasteiger partial charge in [-0.1, -0.05) is 91.0 Å². The average Bonchev–Trinajstić information content (AvgIpc) is 3.61. The molecule has 2 aliphatic heterocycles. The van der Waals surface area contributed by atoms with Crippen LogP contribution in [-0.2, 0) is 24.5 Å². The summed E-state index contributed by atoms with van der Waals surface area (Å²) in [5.74, 6) is -1.38. The highest BCUT2D eigenvalue weighted by Crippen LogP contribution is 2.49. The Kier molecular flexibility index (Phi) is 6.98. The molecule has 4 N–H and O–H groups in total. The van der Waals surface area contributed by atoms with Crippen LogP contribution in [0.2, 0.25) is 0 Å². The molecule has 3 heterocycles. The molecular weight excluding hydrogens is 524 g/mol. The van der Waals surface area contributed by atoms with Crippen LogP contribution in [0.4, 0.5) is 5.69 Å². The molecule has 1 amide bonds. The molecule has 8 heteroatoms. The molecular formula is C32H32N2O5S. The summed E-state index contributed by atoms with van der Waals surface area (Å²) in [6, 6.07) is 30.6. The van der Waals surface area contributed by atoms with Crippen molar-refractivity contribution >= 4 is 22.9 Å². The molecule has 0 unspecified atom stereocenters. The van der Waals surface area contributed by atoms with E-state index in [9.17, 15) is 4.79 Å². The van der Waals surface area contributed by atoms with Crippen LogP contribution in [0.1, 0.15) is 51.9 Å². The Morgan fingerprint density at radius 2 is 1.38 bits per heavy atom. The van der Waals surface area contributed by atoms with Crippen LogP contribution < -0.4 is 11.5 Å². The van der Waals surface area contributed by atoms with Gasteiger partial charge in [-0.25, -0.2) is 0 Å². The topological polar surface area (TPSA) is 106 Å². The SMILES string of the molecule is CC1(C)O[C@@H]2[C@H](O1)[C@@H](COC(c1ccccc1)(c1ccccc1)c1ccccc1)O[C@@H]2c1csc(C(N)=O)c1N. The smallest absolute Gasteiger partial charge is 0.260 e. The summed E-state index contributed by atoms with van der Waals surface area (Å²) in [5.41, 5.74) is 15.0. The number of hydrogen-bond acceptors (Lipinski definition) is 7. The summed E-state index contributed by atoms with van der Waals surface area (Å²) < 4.78 is 26.3. The van der Waals surface area contributed by atoms with E-state index in [0.29, 0.717) is 16.1 Å². The molecule has 0 radical (unpaired) electrons.